The molecule has 0 bridgehead atoms. The molecule has 0 radical (unpaired) electrons. The molecule has 4 rings (SSSR count). The van der Waals surface area contributed by atoms with E-state index in [0.29, 0.717) is 0 Å². The molecule has 10 heteroatoms. The van der Waals surface area contributed by atoms with E-state index in [9.17, 15) is 14.4 Å². The average Bonchev–Trinajstić information content (AvgIpc) is 2.97. The molecule has 0 aliphatic carbocycles. The fraction of sp³-hybridized carbons (Fsp3) is 0.400. The van der Waals surface area contributed by atoms with Crippen LogP contribution < -0.4 is 10.4 Å². The lowest BCUT2D eigenvalue weighted by atomic mass is 9.99. The molecule has 1 fully saturated rings. The maximum atomic E-state index is 12.5. The van der Waals surface area contributed by atoms with E-state index in [1.165, 1.54) is 32.5 Å². The van der Waals surface area contributed by atoms with Crippen molar-refractivity contribution in [3.05, 3.63) is 90.5 Å². The minimum Gasteiger partial charge on any atom is -0.456 e. The zero-order chi connectivity index (χ0) is 32.8. The van der Waals surface area contributed by atoms with Crippen LogP contribution in [-0.4, -0.2) is 62.7 Å². The normalized spacial score (nSPS) is 21.9. The molecule has 0 N–H and O–H groups in total. The lowest BCUT2D eigenvalue weighted by Gasteiger charge is -2.47. The summed E-state index contributed by atoms with van der Waals surface area (Å²) in [7, 11) is -3.02. The van der Waals surface area contributed by atoms with E-state index in [1.807, 2.05) is 67.6 Å². The van der Waals surface area contributed by atoms with E-state index < -0.39 is 56.1 Å². The molecule has 1 aliphatic rings. The number of esters is 3. The first-order chi connectivity index (χ1) is 21.3. The molecule has 0 saturated carbocycles. The van der Waals surface area contributed by atoms with E-state index in [-0.39, 0.29) is 11.6 Å². The van der Waals surface area contributed by atoms with Gasteiger partial charge in [-0.3, -0.25) is 14.4 Å². The van der Waals surface area contributed by atoms with Crippen molar-refractivity contribution < 1.29 is 37.8 Å². The number of aryl methyl sites for hydroxylation is 1. The summed E-state index contributed by atoms with van der Waals surface area (Å²) in [4.78, 5) is 38.1. The average molecular weight is 651 g/mol. The summed E-state index contributed by atoms with van der Waals surface area (Å²) < 4.78 is 31.1. The van der Waals surface area contributed by atoms with Crippen LogP contribution in [0.1, 0.15) is 47.1 Å². The quantitative estimate of drug-likeness (QED) is 0.167. The van der Waals surface area contributed by atoms with Gasteiger partial charge in [-0.15, -0.1) is 0 Å². The third kappa shape index (κ3) is 8.24. The van der Waals surface area contributed by atoms with Crippen molar-refractivity contribution in [3.8, 4) is 0 Å². The van der Waals surface area contributed by atoms with Crippen LogP contribution in [0.3, 0.4) is 0 Å². The number of thioether (sulfide) groups is 1. The second-order valence-corrected chi connectivity index (χ2v) is 17.6. The van der Waals surface area contributed by atoms with Gasteiger partial charge in [-0.25, -0.2) is 0 Å². The number of carbonyl (C=O) groups is 3. The van der Waals surface area contributed by atoms with Gasteiger partial charge in [0.2, 0.25) is 0 Å². The first-order valence-electron chi connectivity index (χ1n) is 15.0. The standard InChI is InChI=1S/C35H42O8SSi/c1-23-18-20-27(21-19-23)44-34-33(42-26(4)38)32(41-25(3)37)31(40-24(2)36)30(43-34)22-39-45(35(5,6)7,28-14-10-8-11-15-28)29-16-12-9-13-17-29/h8-21,30-34H,22H2,1-7H3. The summed E-state index contributed by atoms with van der Waals surface area (Å²) in [6, 6.07) is 28.1. The Morgan fingerprint density at radius 3 is 1.64 bits per heavy atom. The minimum atomic E-state index is -3.02. The molecular weight excluding hydrogens is 609 g/mol. The summed E-state index contributed by atoms with van der Waals surface area (Å²) in [6.07, 6.45) is -4.18. The molecule has 8 nitrogen and oxygen atoms in total. The Morgan fingerprint density at radius 1 is 0.711 bits per heavy atom. The van der Waals surface area contributed by atoms with Gasteiger partial charge in [0.15, 0.2) is 18.3 Å². The summed E-state index contributed by atoms with van der Waals surface area (Å²) >= 11 is 1.34. The van der Waals surface area contributed by atoms with Gasteiger partial charge in [0.1, 0.15) is 11.5 Å². The Kier molecular flexibility index (Phi) is 11.3. The lowest BCUT2D eigenvalue weighted by Crippen LogP contribution is -2.68. The fourth-order valence-corrected chi connectivity index (χ4v) is 11.5. The molecule has 5 atom stereocenters. The number of benzene rings is 3. The smallest absolute Gasteiger partial charge is 0.303 e. The first kappa shape index (κ1) is 34.4. The molecule has 1 aliphatic heterocycles. The molecule has 1 heterocycles. The fourth-order valence-electron chi connectivity index (χ4n) is 5.80. The Hall–Kier alpha value is -3.44. The van der Waals surface area contributed by atoms with Gasteiger partial charge in [0.25, 0.3) is 8.32 Å². The molecule has 0 spiro atoms. The summed E-state index contributed by atoms with van der Waals surface area (Å²) in [5.74, 6) is -1.79. The van der Waals surface area contributed by atoms with Crippen LogP contribution in [0.25, 0.3) is 0 Å². The predicted molar refractivity (Wildman–Crippen MR) is 176 cm³/mol. The Balaban J connectivity index is 1.81. The highest BCUT2D eigenvalue weighted by Gasteiger charge is 2.55. The highest BCUT2D eigenvalue weighted by atomic mass is 32.2. The van der Waals surface area contributed by atoms with Gasteiger partial charge in [0.05, 0.1) is 6.61 Å². The Bertz CT molecular complexity index is 1400. The van der Waals surface area contributed by atoms with Crippen LogP contribution in [0.15, 0.2) is 89.8 Å². The number of ether oxygens (including phenoxy) is 4. The molecule has 3 aromatic carbocycles. The largest absolute Gasteiger partial charge is 0.456 e. The Labute approximate surface area is 270 Å². The van der Waals surface area contributed by atoms with E-state index in [1.54, 1.807) is 0 Å². The van der Waals surface area contributed by atoms with Crippen LogP contribution in [0.5, 0.6) is 0 Å². The number of rotatable bonds is 10. The molecule has 0 amide bonds. The zero-order valence-corrected chi connectivity index (χ0v) is 28.7. The van der Waals surface area contributed by atoms with Gasteiger partial charge in [0, 0.05) is 25.7 Å². The van der Waals surface area contributed by atoms with Crippen molar-refractivity contribution >= 4 is 48.4 Å². The van der Waals surface area contributed by atoms with Crippen LogP contribution >= 0.6 is 11.8 Å². The summed E-state index contributed by atoms with van der Waals surface area (Å²) in [5, 5.41) is 1.82. The van der Waals surface area contributed by atoms with E-state index in [2.05, 4.69) is 45.0 Å². The van der Waals surface area contributed by atoms with Crippen molar-refractivity contribution in [2.75, 3.05) is 6.61 Å². The highest BCUT2D eigenvalue weighted by Crippen LogP contribution is 2.40. The maximum absolute atomic E-state index is 12.5. The van der Waals surface area contributed by atoms with E-state index in [4.69, 9.17) is 23.4 Å². The lowest BCUT2D eigenvalue weighted by molar-refractivity contribution is -0.235. The first-order valence-corrected chi connectivity index (χ1v) is 17.8. The highest BCUT2D eigenvalue weighted by molar-refractivity contribution is 7.99. The molecule has 5 unspecified atom stereocenters. The molecule has 1 saturated heterocycles. The van der Waals surface area contributed by atoms with E-state index >= 15 is 0 Å². The number of carbonyl (C=O) groups excluding carboxylic acids is 3. The SMILES string of the molecule is CC(=O)OC1C(CO[Si](c2ccccc2)(c2ccccc2)C(C)(C)C)OC(Sc2ccc(C)cc2)C(OC(C)=O)C1OC(C)=O. The third-order valence-electron chi connectivity index (χ3n) is 7.65. The molecule has 0 aromatic heterocycles. The van der Waals surface area contributed by atoms with Gasteiger partial charge >= 0.3 is 17.9 Å². The monoisotopic (exact) mass is 650 g/mol. The van der Waals surface area contributed by atoms with Gasteiger partial charge in [-0.05, 0) is 34.5 Å². The molecular formula is C35H42O8SSi. The number of hydrogen-bond donors (Lipinski definition) is 0. The van der Waals surface area contributed by atoms with Gasteiger partial charge in [-0.2, -0.15) is 0 Å². The zero-order valence-electron chi connectivity index (χ0n) is 26.9. The van der Waals surface area contributed by atoms with Crippen molar-refractivity contribution in [1.82, 2.24) is 0 Å². The molecule has 3 aromatic rings. The third-order valence-corrected chi connectivity index (χ3v) is 13.8. The van der Waals surface area contributed by atoms with Crippen LogP contribution in [0, 0.1) is 6.92 Å². The van der Waals surface area contributed by atoms with Crippen molar-refractivity contribution in [3.63, 3.8) is 0 Å². The van der Waals surface area contributed by atoms with Crippen LogP contribution in [0.4, 0.5) is 0 Å². The second kappa shape index (κ2) is 14.8. The minimum absolute atomic E-state index is 0.0146. The molecule has 240 valence electrons. The van der Waals surface area contributed by atoms with E-state index in [0.717, 1.165) is 20.8 Å². The van der Waals surface area contributed by atoms with Crippen molar-refractivity contribution in [2.45, 2.75) is 88.3 Å². The maximum Gasteiger partial charge on any atom is 0.303 e. The van der Waals surface area contributed by atoms with Crippen LogP contribution in [0.2, 0.25) is 5.04 Å². The molecule has 45 heavy (non-hydrogen) atoms. The predicted octanol–water partition coefficient (Wildman–Crippen LogP) is 5.18. The number of hydrogen-bond acceptors (Lipinski definition) is 9. The van der Waals surface area contributed by atoms with Crippen molar-refractivity contribution in [2.24, 2.45) is 0 Å². The summed E-state index contributed by atoms with van der Waals surface area (Å²) in [5.41, 5.74) is 0.283. The Morgan fingerprint density at radius 2 is 1.18 bits per heavy atom. The summed E-state index contributed by atoms with van der Waals surface area (Å²) in [6.45, 7) is 12.3. The topological polar surface area (TPSA) is 97.4 Å². The van der Waals surface area contributed by atoms with Crippen LogP contribution in [-0.2, 0) is 37.8 Å². The van der Waals surface area contributed by atoms with Gasteiger partial charge < -0.3 is 23.4 Å². The second-order valence-electron chi connectivity index (χ2n) is 12.2. The van der Waals surface area contributed by atoms with Crippen molar-refractivity contribution in [1.29, 1.82) is 0 Å². The van der Waals surface area contributed by atoms with Gasteiger partial charge in [-0.1, -0.05) is 111 Å².